The lowest BCUT2D eigenvalue weighted by atomic mass is 10.2. The molecule has 0 radical (unpaired) electrons. The van der Waals surface area contributed by atoms with Gasteiger partial charge in [-0.1, -0.05) is 12.1 Å². The quantitative estimate of drug-likeness (QED) is 0.653. The van der Waals surface area contributed by atoms with Crippen LogP contribution < -0.4 is 0 Å². The average molecular weight is 353 g/mol. The number of hydrogen-bond acceptors (Lipinski definition) is 5. The fraction of sp³-hybridized carbons (Fsp3) is 0.368. The third kappa shape index (κ3) is 3.77. The van der Waals surface area contributed by atoms with Gasteiger partial charge in [0, 0.05) is 31.8 Å². The Morgan fingerprint density at radius 3 is 2.54 bits per heavy atom. The Balaban J connectivity index is 1.64. The highest BCUT2D eigenvalue weighted by molar-refractivity contribution is 5.52. The molecule has 0 amide bonds. The molecular formula is C19H20FN5O. The summed E-state index contributed by atoms with van der Waals surface area (Å²) in [5.74, 6) is 2.58. The second-order valence-corrected chi connectivity index (χ2v) is 6.48. The van der Waals surface area contributed by atoms with Crippen LogP contribution >= 0.6 is 0 Å². The van der Waals surface area contributed by atoms with Crippen molar-refractivity contribution < 1.29 is 9.13 Å². The van der Waals surface area contributed by atoms with Crippen LogP contribution in [-0.4, -0.2) is 38.4 Å². The summed E-state index contributed by atoms with van der Waals surface area (Å²) in [7, 11) is 1.65. The van der Waals surface area contributed by atoms with Crippen molar-refractivity contribution in [3.63, 3.8) is 0 Å². The van der Waals surface area contributed by atoms with Crippen molar-refractivity contribution in [3.8, 4) is 11.4 Å². The van der Waals surface area contributed by atoms with E-state index < -0.39 is 0 Å². The minimum absolute atomic E-state index is 0.252. The topological polar surface area (TPSA) is 65.7 Å². The van der Waals surface area contributed by atoms with Crippen LogP contribution in [0, 0.1) is 5.82 Å². The van der Waals surface area contributed by atoms with Crippen LogP contribution in [0.3, 0.4) is 0 Å². The van der Waals surface area contributed by atoms with Crippen molar-refractivity contribution in [3.05, 3.63) is 59.7 Å². The Morgan fingerprint density at radius 2 is 1.88 bits per heavy atom. The third-order valence-electron chi connectivity index (χ3n) is 4.36. The number of ether oxygens (including phenoxy) is 1. The maximum atomic E-state index is 13.2. The molecule has 0 aliphatic heterocycles. The van der Waals surface area contributed by atoms with Gasteiger partial charge in [-0.2, -0.15) is 5.10 Å². The molecular weight excluding hydrogens is 333 g/mol. The smallest absolute Gasteiger partial charge is 0.161 e. The van der Waals surface area contributed by atoms with E-state index in [4.69, 9.17) is 4.74 Å². The van der Waals surface area contributed by atoms with Crippen molar-refractivity contribution in [2.45, 2.75) is 31.7 Å². The fourth-order valence-electron chi connectivity index (χ4n) is 2.78. The second kappa shape index (κ2) is 7.29. The zero-order valence-electron chi connectivity index (χ0n) is 14.6. The largest absolute Gasteiger partial charge is 0.384 e. The molecule has 6 nitrogen and oxygen atoms in total. The summed E-state index contributed by atoms with van der Waals surface area (Å²) in [4.78, 5) is 13.6. The Bertz CT molecular complexity index is 872. The van der Waals surface area contributed by atoms with Crippen LogP contribution in [0.25, 0.3) is 11.4 Å². The van der Waals surface area contributed by atoms with E-state index in [9.17, 15) is 4.39 Å². The maximum absolute atomic E-state index is 13.2. The first-order valence-corrected chi connectivity index (χ1v) is 8.72. The van der Waals surface area contributed by atoms with Crippen molar-refractivity contribution in [1.82, 2.24) is 24.7 Å². The molecule has 2 heterocycles. The highest BCUT2D eigenvalue weighted by Gasteiger charge is 2.26. The molecule has 0 bridgehead atoms. The third-order valence-corrected chi connectivity index (χ3v) is 4.36. The minimum Gasteiger partial charge on any atom is -0.384 e. The predicted molar refractivity (Wildman–Crippen MR) is 94.1 cm³/mol. The number of nitrogens with zero attached hydrogens (tertiary/aromatic N) is 5. The van der Waals surface area contributed by atoms with Gasteiger partial charge in [0.15, 0.2) is 11.6 Å². The standard InChI is InChI=1S/C19H20FN5O/c1-26-9-8-17-23-19(15-10-21-18(22-11-15)14-4-5-14)25(24-17)12-13-2-6-16(20)7-3-13/h2-3,6-7,10-11,14H,4-5,8-9,12H2,1H3. The van der Waals surface area contributed by atoms with Gasteiger partial charge in [-0.25, -0.2) is 24.0 Å². The maximum Gasteiger partial charge on any atom is 0.161 e. The number of methoxy groups -OCH3 is 1. The van der Waals surface area contributed by atoms with Gasteiger partial charge >= 0.3 is 0 Å². The summed E-state index contributed by atoms with van der Waals surface area (Å²) in [5.41, 5.74) is 1.78. The Labute approximate surface area is 151 Å². The average Bonchev–Trinajstić information content (AvgIpc) is 3.44. The summed E-state index contributed by atoms with van der Waals surface area (Å²) < 4.78 is 20.1. The first kappa shape index (κ1) is 16.8. The number of halogens is 1. The number of hydrogen-bond donors (Lipinski definition) is 0. The van der Waals surface area contributed by atoms with Gasteiger partial charge in [0.05, 0.1) is 18.7 Å². The summed E-state index contributed by atoms with van der Waals surface area (Å²) in [5, 5.41) is 4.59. The normalized spacial score (nSPS) is 13.9. The summed E-state index contributed by atoms with van der Waals surface area (Å²) in [6, 6.07) is 6.40. The van der Waals surface area contributed by atoms with E-state index in [1.807, 2.05) is 17.1 Å². The fourth-order valence-corrected chi connectivity index (χ4v) is 2.78. The van der Waals surface area contributed by atoms with Crippen molar-refractivity contribution in [2.75, 3.05) is 13.7 Å². The van der Waals surface area contributed by atoms with E-state index in [2.05, 4.69) is 20.1 Å². The van der Waals surface area contributed by atoms with Crippen LogP contribution in [0.5, 0.6) is 0 Å². The van der Waals surface area contributed by atoms with E-state index in [-0.39, 0.29) is 5.82 Å². The number of benzene rings is 1. The second-order valence-electron chi connectivity index (χ2n) is 6.48. The van der Waals surface area contributed by atoms with Gasteiger partial charge in [-0.3, -0.25) is 0 Å². The SMILES string of the molecule is COCCc1nc(-c2cnc(C3CC3)nc2)n(Cc2ccc(F)cc2)n1. The molecule has 1 aromatic carbocycles. The van der Waals surface area contributed by atoms with E-state index >= 15 is 0 Å². The summed E-state index contributed by atoms with van der Waals surface area (Å²) >= 11 is 0. The summed E-state index contributed by atoms with van der Waals surface area (Å²) in [6.07, 6.45) is 6.58. The van der Waals surface area contributed by atoms with E-state index in [1.54, 1.807) is 19.2 Å². The van der Waals surface area contributed by atoms with Crippen LogP contribution in [0.2, 0.25) is 0 Å². The van der Waals surface area contributed by atoms with Crippen LogP contribution in [0.4, 0.5) is 4.39 Å². The zero-order chi connectivity index (χ0) is 17.9. The Hall–Kier alpha value is -2.67. The molecule has 0 saturated heterocycles. The molecule has 26 heavy (non-hydrogen) atoms. The molecule has 1 saturated carbocycles. The van der Waals surface area contributed by atoms with Crippen molar-refractivity contribution in [2.24, 2.45) is 0 Å². The molecule has 0 unspecified atom stereocenters. The van der Waals surface area contributed by atoms with Gasteiger partial charge in [0.25, 0.3) is 0 Å². The molecule has 0 atom stereocenters. The number of rotatable bonds is 7. The molecule has 3 aromatic rings. The number of aromatic nitrogens is 5. The first-order valence-electron chi connectivity index (χ1n) is 8.72. The predicted octanol–water partition coefficient (Wildman–Crippen LogP) is 2.99. The molecule has 1 aliphatic rings. The lowest BCUT2D eigenvalue weighted by Gasteiger charge is -2.06. The molecule has 0 spiro atoms. The monoisotopic (exact) mass is 353 g/mol. The molecule has 2 aromatic heterocycles. The van der Waals surface area contributed by atoms with Crippen LogP contribution in [0.15, 0.2) is 36.7 Å². The highest BCUT2D eigenvalue weighted by Crippen LogP contribution is 2.37. The molecule has 0 N–H and O–H groups in total. The van der Waals surface area contributed by atoms with Crippen LogP contribution in [-0.2, 0) is 17.7 Å². The minimum atomic E-state index is -0.252. The highest BCUT2D eigenvalue weighted by atomic mass is 19.1. The molecule has 134 valence electrons. The van der Waals surface area contributed by atoms with E-state index in [1.165, 1.54) is 25.0 Å². The van der Waals surface area contributed by atoms with E-state index in [0.29, 0.717) is 37.1 Å². The molecule has 1 aliphatic carbocycles. The molecule has 7 heteroatoms. The lowest BCUT2D eigenvalue weighted by Crippen LogP contribution is -2.06. The van der Waals surface area contributed by atoms with E-state index in [0.717, 1.165) is 17.0 Å². The van der Waals surface area contributed by atoms with Crippen molar-refractivity contribution >= 4 is 0 Å². The van der Waals surface area contributed by atoms with Gasteiger partial charge in [0.2, 0.25) is 0 Å². The molecule has 1 fully saturated rings. The van der Waals surface area contributed by atoms with Gasteiger partial charge in [0.1, 0.15) is 11.6 Å². The van der Waals surface area contributed by atoms with Gasteiger partial charge in [-0.15, -0.1) is 0 Å². The molecule has 4 rings (SSSR count). The summed E-state index contributed by atoms with van der Waals surface area (Å²) in [6.45, 7) is 1.05. The zero-order valence-corrected chi connectivity index (χ0v) is 14.6. The Kier molecular flexibility index (Phi) is 4.71. The van der Waals surface area contributed by atoms with Gasteiger partial charge < -0.3 is 4.74 Å². The Morgan fingerprint density at radius 1 is 1.15 bits per heavy atom. The van der Waals surface area contributed by atoms with Gasteiger partial charge in [-0.05, 0) is 30.5 Å². The lowest BCUT2D eigenvalue weighted by molar-refractivity contribution is 0.200. The van der Waals surface area contributed by atoms with Crippen molar-refractivity contribution in [1.29, 1.82) is 0 Å². The van der Waals surface area contributed by atoms with Crippen LogP contribution in [0.1, 0.15) is 36.0 Å². The first-order chi connectivity index (χ1) is 12.7.